The summed E-state index contributed by atoms with van der Waals surface area (Å²) in [5.41, 5.74) is 5.53. The van der Waals surface area contributed by atoms with Crippen molar-refractivity contribution in [3.8, 4) is 0 Å². The van der Waals surface area contributed by atoms with Gasteiger partial charge in [-0.15, -0.1) is 5.10 Å². The zero-order valence-electron chi connectivity index (χ0n) is 13.1. The Morgan fingerprint density at radius 1 is 1.21 bits per heavy atom. The normalized spacial score (nSPS) is 11.7. The Hall–Kier alpha value is -3.09. The fraction of sp³-hybridized carbons (Fsp3) is 0.176. The first kappa shape index (κ1) is 15.8. The van der Waals surface area contributed by atoms with Crippen LogP contribution in [0.4, 0.5) is 4.39 Å². The molecule has 0 saturated heterocycles. The summed E-state index contributed by atoms with van der Waals surface area (Å²) in [6, 6.07) is 13.5. The van der Waals surface area contributed by atoms with E-state index in [0.717, 1.165) is 16.6 Å². The molecule has 1 amide bonds. The fourth-order valence-electron chi connectivity index (χ4n) is 2.25. The SMILES string of the molecule is C/C(=N/NC(=O)CCn1nnc2ccccc21)c1ccc(F)cc1. The molecule has 0 aliphatic rings. The van der Waals surface area contributed by atoms with Gasteiger partial charge in [0.1, 0.15) is 11.3 Å². The van der Waals surface area contributed by atoms with Gasteiger partial charge in [0.15, 0.2) is 0 Å². The minimum Gasteiger partial charge on any atom is -0.273 e. The first-order valence-electron chi connectivity index (χ1n) is 7.51. The molecular weight excluding hydrogens is 309 g/mol. The van der Waals surface area contributed by atoms with Crippen molar-refractivity contribution < 1.29 is 9.18 Å². The van der Waals surface area contributed by atoms with Crippen molar-refractivity contribution >= 4 is 22.7 Å². The molecule has 0 radical (unpaired) electrons. The lowest BCUT2D eigenvalue weighted by atomic mass is 10.1. The second-order valence-corrected chi connectivity index (χ2v) is 5.29. The number of hydrazone groups is 1. The molecular formula is C17H16FN5O. The fourth-order valence-corrected chi connectivity index (χ4v) is 2.25. The number of halogens is 1. The second-order valence-electron chi connectivity index (χ2n) is 5.29. The molecule has 6 nitrogen and oxygen atoms in total. The lowest BCUT2D eigenvalue weighted by Gasteiger charge is -2.04. The third-order valence-corrected chi connectivity index (χ3v) is 3.58. The highest BCUT2D eigenvalue weighted by atomic mass is 19.1. The number of hydrogen-bond acceptors (Lipinski definition) is 4. The summed E-state index contributed by atoms with van der Waals surface area (Å²) in [6.07, 6.45) is 0.230. The van der Waals surface area contributed by atoms with Gasteiger partial charge in [0.25, 0.3) is 0 Å². The highest BCUT2D eigenvalue weighted by Crippen LogP contribution is 2.10. The van der Waals surface area contributed by atoms with Gasteiger partial charge in [-0.3, -0.25) is 4.79 Å². The maximum Gasteiger partial charge on any atom is 0.241 e. The van der Waals surface area contributed by atoms with Gasteiger partial charge in [-0.25, -0.2) is 14.5 Å². The van der Waals surface area contributed by atoms with Crippen LogP contribution in [0.1, 0.15) is 18.9 Å². The number of fused-ring (bicyclic) bond motifs is 1. The molecule has 0 saturated carbocycles. The number of benzene rings is 2. The van der Waals surface area contributed by atoms with E-state index in [9.17, 15) is 9.18 Å². The molecule has 2 aromatic carbocycles. The molecule has 0 aliphatic heterocycles. The van der Waals surface area contributed by atoms with E-state index < -0.39 is 0 Å². The molecule has 0 aliphatic carbocycles. The topological polar surface area (TPSA) is 72.2 Å². The van der Waals surface area contributed by atoms with Crippen LogP contribution in [0.2, 0.25) is 0 Å². The van der Waals surface area contributed by atoms with Gasteiger partial charge < -0.3 is 0 Å². The van der Waals surface area contributed by atoms with E-state index in [4.69, 9.17) is 0 Å². The van der Waals surface area contributed by atoms with Crippen LogP contribution in [0.3, 0.4) is 0 Å². The Bertz CT molecular complexity index is 885. The highest BCUT2D eigenvalue weighted by molar-refractivity contribution is 5.99. The van der Waals surface area contributed by atoms with E-state index in [1.165, 1.54) is 12.1 Å². The highest BCUT2D eigenvalue weighted by Gasteiger charge is 2.06. The summed E-state index contributed by atoms with van der Waals surface area (Å²) in [7, 11) is 0. The quantitative estimate of drug-likeness (QED) is 0.579. The van der Waals surface area contributed by atoms with Crippen LogP contribution < -0.4 is 5.43 Å². The van der Waals surface area contributed by atoms with E-state index >= 15 is 0 Å². The minimum absolute atomic E-state index is 0.226. The van der Waals surface area contributed by atoms with Gasteiger partial charge >= 0.3 is 0 Å². The summed E-state index contributed by atoms with van der Waals surface area (Å²) in [6.45, 7) is 2.16. The lowest BCUT2D eigenvalue weighted by molar-refractivity contribution is -0.121. The van der Waals surface area contributed by atoms with Crippen molar-refractivity contribution in [3.05, 3.63) is 59.9 Å². The number of nitrogens with zero attached hydrogens (tertiary/aromatic N) is 4. The molecule has 0 atom stereocenters. The van der Waals surface area contributed by atoms with Crippen molar-refractivity contribution in [3.63, 3.8) is 0 Å². The van der Waals surface area contributed by atoms with Crippen LogP contribution in [0.15, 0.2) is 53.6 Å². The van der Waals surface area contributed by atoms with Crippen molar-refractivity contribution in [1.29, 1.82) is 0 Å². The van der Waals surface area contributed by atoms with Gasteiger partial charge in [-0.2, -0.15) is 5.10 Å². The molecule has 0 fully saturated rings. The average Bonchev–Trinajstić information content (AvgIpc) is 3.01. The number of aromatic nitrogens is 3. The van der Waals surface area contributed by atoms with E-state index in [2.05, 4.69) is 20.8 Å². The van der Waals surface area contributed by atoms with Gasteiger partial charge in [-0.1, -0.05) is 29.5 Å². The van der Waals surface area contributed by atoms with Crippen LogP contribution in [0, 0.1) is 5.82 Å². The molecule has 0 bridgehead atoms. The number of nitrogens with one attached hydrogen (secondary N) is 1. The standard InChI is InChI=1S/C17H16FN5O/c1-12(13-6-8-14(18)9-7-13)19-21-17(24)10-11-23-16-5-3-2-4-15(16)20-22-23/h2-9H,10-11H2,1H3,(H,21,24)/b19-12-. The molecule has 122 valence electrons. The molecule has 0 unspecified atom stereocenters. The largest absolute Gasteiger partial charge is 0.273 e. The van der Waals surface area contributed by atoms with Crippen LogP contribution in [0.5, 0.6) is 0 Å². The number of hydrogen-bond donors (Lipinski definition) is 1. The summed E-state index contributed by atoms with van der Waals surface area (Å²) in [5.74, 6) is -0.535. The first-order valence-corrected chi connectivity index (χ1v) is 7.51. The zero-order chi connectivity index (χ0) is 16.9. The number of aryl methyl sites for hydroxylation is 1. The minimum atomic E-state index is -0.310. The summed E-state index contributed by atoms with van der Waals surface area (Å²) < 4.78 is 14.6. The van der Waals surface area contributed by atoms with Crippen molar-refractivity contribution in [1.82, 2.24) is 20.4 Å². The van der Waals surface area contributed by atoms with Gasteiger partial charge in [0.2, 0.25) is 5.91 Å². The zero-order valence-corrected chi connectivity index (χ0v) is 13.1. The maximum atomic E-state index is 12.9. The van der Waals surface area contributed by atoms with Crippen molar-refractivity contribution in [2.24, 2.45) is 5.10 Å². The van der Waals surface area contributed by atoms with E-state index in [1.807, 2.05) is 24.3 Å². The maximum absolute atomic E-state index is 12.9. The smallest absolute Gasteiger partial charge is 0.241 e. The predicted octanol–water partition coefficient (Wildman–Crippen LogP) is 2.50. The molecule has 3 aromatic rings. The molecule has 1 heterocycles. The molecule has 1 aromatic heterocycles. The molecule has 1 N–H and O–H groups in total. The molecule has 0 spiro atoms. The van der Waals surface area contributed by atoms with E-state index in [-0.39, 0.29) is 18.1 Å². The third kappa shape index (κ3) is 3.62. The Balaban J connectivity index is 1.57. The predicted molar refractivity (Wildman–Crippen MR) is 88.9 cm³/mol. The number of carbonyl (C=O) groups is 1. The van der Waals surface area contributed by atoms with Crippen LogP contribution in [-0.2, 0) is 11.3 Å². The Morgan fingerprint density at radius 2 is 1.96 bits per heavy atom. The molecule has 7 heteroatoms. The van der Waals surface area contributed by atoms with Crippen molar-refractivity contribution in [2.45, 2.75) is 19.9 Å². The summed E-state index contributed by atoms with van der Waals surface area (Å²) in [5, 5.41) is 12.1. The lowest BCUT2D eigenvalue weighted by Crippen LogP contribution is -2.21. The second kappa shape index (κ2) is 6.99. The number of amides is 1. The molecule has 3 rings (SSSR count). The Morgan fingerprint density at radius 3 is 2.75 bits per heavy atom. The number of para-hydroxylation sites is 1. The van der Waals surface area contributed by atoms with Gasteiger partial charge in [-0.05, 0) is 36.8 Å². The van der Waals surface area contributed by atoms with Crippen LogP contribution in [0.25, 0.3) is 11.0 Å². The Labute approximate surface area is 138 Å². The first-order chi connectivity index (χ1) is 11.6. The van der Waals surface area contributed by atoms with Gasteiger partial charge in [0, 0.05) is 6.42 Å². The monoisotopic (exact) mass is 325 g/mol. The van der Waals surface area contributed by atoms with Crippen molar-refractivity contribution in [2.75, 3.05) is 0 Å². The third-order valence-electron chi connectivity index (χ3n) is 3.58. The van der Waals surface area contributed by atoms with E-state index in [0.29, 0.717) is 12.3 Å². The average molecular weight is 325 g/mol. The number of carbonyl (C=O) groups excluding carboxylic acids is 1. The summed E-state index contributed by atoms with van der Waals surface area (Å²) in [4.78, 5) is 11.9. The van der Waals surface area contributed by atoms with E-state index in [1.54, 1.807) is 23.7 Å². The number of rotatable bonds is 5. The van der Waals surface area contributed by atoms with Gasteiger partial charge in [0.05, 0.1) is 17.8 Å². The Kier molecular flexibility index (Phi) is 4.60. The van der Waals surface area contributed by atoms with Crippen LogP contribution >= 0.6 is 0 Å². The summed E-state index contributed by atoms with van der Waals surface area (Å²) >= 11 is 0. The molecule has 24 heavy (non-hydrogen) atoms. The van der Waals surface area contributed by atoms with Crippen LogP contribution in [-0.4, -0.2) is 26.6 Å².